The molecule has 0 atom stereocenters. The summed E-state index contributed by atoms with van der Waals surface area (Å²) in [6.07, 6.45) is 2.85. The van der Waals surface area contributed by atoms with Gasteiger partial charge in [-0.3, -0.25) is 9.98 Å². The SMILES string of the molecule is CN=C(NCCSc1ccc(Cl)cc1)NCCc1ccc(C)nc1.I. The van der Waals surface area contributed by atoms with Crippen LogP contribution in [0.3, 0.4) is 0 Å². The lowest BCUT2D eigenvalue weighted by molar-refractivity contribution is 0.809. The number of thioether (sulfide) groups is 1. The van der Waals surface area contributed by atoms with E-state index < -0.39 is 0 Å². The van der Waals surface area contributed by atoms with E-state index in [1.54, 1.807) is 18.8 Å². The molecule has 0 bridgehead atoms. The van der Waals surface area contributed by atoms with E-state index in [0.29, 0.717) is 0 Å². The fourth-order valence-electron chi connectivity index (χ4n) is 2.06. The Labute approximate surface area is 176 Å². The Morgan fingerprint density at radius 3 is 2.48 bits per heavy atom. The van der Waals surface area contributed by atoms with Gasteiger partial charge >= 0.3 is 0 Å². The van der Waals surface area contributed by atoms with Gasteiger partial charge in [0.05, 0.1) is 0 Å². The molecular formula is C18H24ClIN4S. The first-order chi connectivity index (χ1) is 11.7. The molecule has 25 heavy (non-hydrogen) atoms. The molecule has 0 saturated heterocycles. The Kier molecular flexibility index (Phi) is 10.9. The number of halogens is 2. The van der Waals surface area contributed by atoms with E-state index in [4.69, 9.17) is 11.6 Å². The molecule has 0 fully saturated rings. The predicted molar refractivity (Wildman–Crippen MR) is 120 cm³/mol. The van der Waals surface area contributed by atoms with Gasteiger partial charge in [-0.25, -0.2) is 0 Å². The number of aliphatic imine (C=N–C) groups is 1. The maximum atomic E-state index is 5.88. The standard InChI is InChI=1S/C18H23ClN4S.HI/c1-14-3-4-15(13-23-14)9-10-21-18(20-2)22-11-12-24-17-7-5-16(19)6-8-17;/h3-8,13H,9-12H2,1-2H3,(H2,20,21,22);1H. The zero-order valence-corrected chi connectivity index (χ0v) is 18.4. The molecule has 2 aromatic rings. The number of guanidine groups is 1. The molecule has 1 aromatic heterocycles. The van der Waals surface area contributed by atoms with Crippen molar-refractivity contribution < 1.29 is 0 Å². The van der Waals surface area contributed by atoms with Crippen molar-refractivity contribution in [1.29, 1.82) is 0 Å². The molecule has 1 heterocycles. The lowest BCUT2D eigenvalue weighted by Gasteiger charge is -2.11. The van der Waals surface area contributed by atoms with Crippen LogP contribution < -0.4 is 10.6 Å². The third-order valence-corrected chi connectivity index (χ3v) is 4.64. The van der Waals surface area contributed by atoms with Crippen LogP contribution in [0.2, 0.25) is 5.02 Å². The van der Waals surface area contributed by atoms with Gasteiger partial charge in [-0.1, -0.05) is 17.7 Å². The van der Waals surface area contributed by atoms with Gasteiger partial charge in [0.25, 0.3) is 0 Å². The predicted octanol–water partition coefficient (Wildman–Crippen LogP) is 4.16. The first kappa shape index (κ1) is 22.1. The minimum Gasteiger partial charge on any atom is -0.356 e. The highest BCUT2D eigenvalue weighted by atomic mass is 127. The highest BCUT2D eigenvalue weighted by molar-refractivity contribution is 14.0. The van der Waals surface area contributed by atoms with Crippen molar-refractivity contribution in [2.45, 2.75) is 18.2 Å². The van der Waals surface area contributed by atoms with Crippen molar-refractivity contribution in [2.24, 2.45) is 4.99 Å². The molecular weight excluding hydrogens is 467 g/mol. The third kappa shape index (κ3) is 8.78. The fraction of sp³-hybridized carbons (Fsp3) is 0.333. The van der Waals surface area contributed by atoms with Gasteiger partial charge in [-0.15, -0.1) is 35.7 Å². The Bertz CT molecular complexity index is 647. The Balaban J connectivity index is 0.00000312. The number of nitrogens with zero attached hydrogens (tertiary/aromatic N) is 2. The van der Waals surface area contributed by atoms with Gasteiger partial charge in [-0.05, 0) is 49.2 Å². The molecule has 0 aliphatic carbocycles. The van der Waals surface area contributed by atoms with E-state index in [0.717, 1.165) is 41.9 Å². The van der Waals surface area contributed by atoms with E-state index in [9.17, 15) is 0 Å². The second-order valence-corrected chi connectivity index (χ2v) is 6.89. The van der Waals surface area contributed by atoms with Crippen LogP contribution >= 0.6 is 47.3 Å². The molecule has 136 valence electrons. The zero-order valence-electron chi connectivity index (χ0n) is 14.5. The summed E-state index contributed by atoms with van der Waals surface area (Å²) in [5.74, 6) is 1.79. The molecule has 1 aromatic carbocycles. The van der Waals surface area contributed by atoms with E-state index >= 15 is 0 Å². The molecule has 7 heteroatoms. The van der Waals surface area contributed by atoms with Gasteiger partial charge in [0.15, 0.2) is 5.96 Å². The minimum absolute atomic E-state index is 0. The average molecular weight is 491 g/mol. The van der Waals surface area contributed by atoms with Crippen molar-refractivity contribution in [3.63, 3.8) is 0 Å². The fourth-order valence-corrected chi connectivity index (χ4v) is 2.96. The van der Waals surface area contributed by atoms with Crippen LogP contribution in [0.4, 0.5) is 0 Å². The molecule has 2 N–H and O–H groups in total. The van der Waals surface area contributed by atoms with Crippen LogP contribution in [0.1, 0.15) is 11.3 Å². The van der Waals surface area contributed by atoms with Crippen LogP contribution in [-0.4, -0.2) is 36.8 Å². The number of aromatic nitrogens is 1. The van der Waals surface area contributed by atoms with Crippen molar-refractivity contribution in [2.75, 3.05) is 25.9 Å². The van der Waals surface area contributed by atoms with Crippen LogP contribution in [0.15, 0.2) is 52.5 Å². The van der Waals surface area contributed by atoms with Crippen LogP contribution in [0, 0.1) is 6.92 Å². The quantitative estimate of drug-likeness (QED) is 0.201. The Hall–Kier alpha value is -0.990. The Morgan fingerprint density at radius 2 is 1.84 bits per heavy atom. The normalized spacial score (nSPS) is 10.9. The van der Waals surface area contributed by atoms with Gasteiger partial charge in [0.2, 0.25) is 0 Å². The second-order valence-electron chi connectivity index (χ2n) is 5.29. The lowest BCUT2D eigenvalue weighted by Crippen LogP contribution is -2.39. The number of hydrogen-bond donors (Lipinski definition) is 2. The minimum atomic E-state index is 0. The largest absolute Gasteiger partial charge is 0.356 e. The second kappa shape index (κ2) is 12.4. The monoisotopic (exact) mass is 490 g/mol. The summed E-state index contributed by atoms with van der Waals surface area (Å²) >= 11 is 7.68. The lowest BCUT2D eigenvalue weighted by atomic mass is 10.2. The van der Waals surface area contributed by atoms with E-state index in [2.05, 4.69) is 26.7 Å². The third-order valence-electron chi connectivity index (χ3n) is 3.38. The summed E-state index contributed by atoms with van der Waals surface area (Å²) in [5, 5.41) is 7.42. The summed E-state index contributed by atoms with van der Waals surface area (Å²) in [6, 6.07) is 12.1. The van der Waals surface area contributed by atoms with E-state index in [1.807, 2.05) is 43.5 Å². The highest BCUT2D eigenvalue weighted by Gasteiger charge is 1.99. The van der Waals surface area contributed by atoms with Crippen molar-refractivity contribution in [1.82, 2.24) is 15.6 Å². The number of aryl methyl sites for hydroxylation is 1. The van der Waals surface area contributed by atoms with Gasteiger partial charge in [0.1, 0.15) is 0 Å². The molecule has 0 radical (unpaired) electrons. The number of benzene rings is 1. The first-order valence-electron chi connectivity index (χ1n) is 7.92. The molecule has 0 spiro atoms. The van der Waals surface area contributed by atoms with Gasteiger partial charge in [0, 0.05) is 47.7 Å². The summed E-state index contributed by atoms with van der Waals surface area (Å²) in [6.45, 7) is 3.67. The number of nitrogens with one attached hydrogen (secondary N) is 2. The topological polar surface area (TPSA) is 49.3 Å². The molecule has 0 amide bonds. The molecule has 2 rings (SSSR count). The van der Waals surface area contributed by atoms with Crippen molar-refractivity contribution in [3.8, 4) is 0 Å². The highest BCUT2D eigenvalue weighted by Crippen LogP contribution is 2.19. The van der Waals surface area contributed by atoms with E-state index in [-0.39, 0.29) is 24.0 Å². The number of pyridine rings is 1. The maximum absolute atomic E-state index is 5.88. The molecule has 0 aliphatic rings. The van der Waals surface area contributed by atoms with Crippen LogP contribution in [0.25, 0.3) is 0 Å². The molecule has 0 unspecified atom stereocenters. The average Bonchev–Trinajstić information content (AvgIpc) is 2.60. The van der Waals surface area contributed by atoms with E-state index in [1.165, 1.54) is 10.5 Å². The van der Waals surface area contributed by atoms with Gasteiger partial charge < -0.3 is 10.6 Å². The summed E-state index contributed by atoms with van der Waals surface area (Å²) in [7, 11) is 1.79. The van der Waals surface area contributed by atoms with Crippen LogP contribution in [-0.2, 0) is 6.42 Å². The van der Waals surface area contributed by atoms with Gasteiger partial charge in [-0.2, -0.15) is 0 Å². The van der Waals surface area contributed by atoms with Crippen molar-refractivity contribution >= 4 is 53.3 Å². The smallest absolute Gasteiger partial charge is 0.191 e. The Morgan fingerprint density at radius 1 is 1.12 bits per heavy atom. The number of rotatable bonds is 7. The first-order valence-corrected chi connectivity index (χ1v) is 9.28. The van der Waals surface area contributed by atoms with Crippen LogP contribution in [0.5, 0.6) is 0 Å². The summed E-state index contributed by atoms with van der Waals surface area (Å²) in [4.78, 5) is 9.77. The summed E-state index contributed by atoms with van der Waals surface area (Å²) < 4.78 is 0. The zero-order chi connectivity index (χ0) is 17.2. The summed E-state index contributed by atoms with van der Waals surface area (Å²) in [5.41, 5.74) is 2.27. The molecule has 0 aliphatic heterocycles. The maximum Gasteiger partial charge on any atom is 0.191 e. The van der Waals surface area contributed by atoms with Crippen molar-refractivity contribution in [3.05, 3.63) is 58.9 Å². The number of hydrogen-bond acceptors (Lipinski definition) is 3. The molecule has 4 nitrogen and oxygen atoms in total. The molecule has 0 saturated carbocycles.